The molecule has 1 fully saturated rings. The van der Waals surface area contributed by atoms with E-state index in [-0.39, 0.29) is 47.9 Å². The summed E-state index contributed by atoms with van der Waals surface area (Å²) in [6.45, 7) is -0.524. The van der Waals surface area contributed by atoms with Gasteiger partial charge in [-0.2, -0.15) is 31.4 Å². The summed E-state index contributed by atoms with van der Waals surface area (Å²) in [6.07, 6.45) is -8.86. The second kappa shape index (κ2) is 10.7. The molecule has 1 amide bonds. The number of anilines is 1. The van der Waals surface area contributed by atoms with Gasteiger partial charge in [0.15, 0.2) is 5.82 Å². The molecule has 0 radical (unpaired) electrons. The lowest BCUT2D eigenvalue weighted by Gasteiger charge is -2.19. The number of carbonyl (C=O) groups is 1. The van der Waals surface area contributed by atoms with Gasteiger partial charge in [0, 0.05) is 31.4 Å². The lowest BCUT2D eigenvalue weighted by atomic mass is 10.1. The van der Waals surface area contributed by atoms with Crippen LogP contribution in [0.2, 0.25) is 0 Å². The van der Waals surface area contributed by atoms with Gasteiger partial charge in [-0.25, -0.2) is 18.9 Å². The predicted octanol–water partition coefficient (Wildman–Crippen LogP) is 4.37. The van der Waals surface area contributed by atoms with E-state index in [4.69, 9.17) is 10.5 Å². The lowest BCUT2D eigenvalue weighted by molar-refractivity contribution is -0.138. The molecule has 1 aliphatic heterocycles. The molecule has 1 saturated heterocycles. The van der Waals surface area contributed by atoms with Crippen LogP contribution in [0.5, 0.6) is 5.88 Å². The van der Waals surface area contributed by atoms with Gasteiger partial charge in [0.2, 0.25) is 5.88 Å². The zero-order valence-electron chi connectivity index (χ0n) is 21.7. The maximum absolute atomic E-state index is 14.9. The first kappa shape index (κ1) is 29.0. The average Bonchev–Trinajstić information content (AvgIpc) is 3.49. The van der Waals surface area contributed by atoms with Gasteiger partial charge in [-0.3, -0.25) is 9.69 Å². The van der Waals surface area contributed by atoms with E-state index in [2.05, 4.69) is 20.4 Å². The van der Waals surface area contributed by atoms with E-state index < -0.39 is 52.9 Å². The van der Waals surface area contributed by atoms with Crippen molar-refractivity contribution < 1.29 is 40.3 Å². The van der Waals surface area contributed by atoms with Crippen molar-refractivity contribution in [1.82, 2.24) is 29.8 Å². The molecular formula is C26H22F7N7O2. The van der Waals surface area contributed by atoms with E-state index in [1.165, 1.54) is 42.5 Å². The average molecular weight is 597 g/mol. The largest absolute Gasteiger partial charge is 0.480 e. The molecule has 16 heteroatoms. The van der Waals surface area contributed by atoms with Crippen molar-refractivity contribution in [2.75, 3.05) is 25.9 Å². The molecule has 0 spiro atoms. The molecule has 42 heavy (non-hydrogen) atoms. The van der Waals surface area contributed by atoms with Crippen molar-refractivity contribution in [2.24, 2.45) is 0 Å². The summed E-state index contributed by atoms with van der Waals surface area (Å²) in [6, 6.07) is 5.86. The number of nitrogens with zero attached hydrogens (tertiary/aromatic N) is 5. The molecule has 4 heterocycles. The Morgan fingerprint density at radius 2 is 1.79 bits per heavy atom. The molecule has 1 aliphatic rings. The van der Waals surface area contributed by atoms with Crippen LogP contribution in [0.3, 0.4) is 0 Å². The van der Waals surface area contributed by atoms with Gasteiger partial charge in [-0.15, -0.1) is 0 Å². The van der Waals surface area contributed by atoms with E-state index in [0.717, 1.165) is 23.0 Å². The number of fused-ring (bicyclic) bond motifs is 1. The summed E-state index contributed by atoms with van der Waals surface area (Å²) in [5.74, 6) is -1.45. The second-order valence-electron chi connectivity index (χ2n) is 9.57. The molecule has 4 aromatic rings. The number of ether oxygens (including phenoxy) is 1. The van der Waals surface area contributed by atoms with E-state index in [1.54, 1.807) is 0 Å². The Morgan fingerprint density at radius 3 is 2.48 bits per heavy atom. The summed E-state index contributed by atoms with van der Waals surface area (Å²) in [7, 11) is 1.22. The van der Waals surface area contributed by atoms with Crippen molar-refractivity contribution in [3.63, 3.8) is 0 Å². The number of carbonyl (C=O) groups excluding carboxylic acids is 1. The van der Waals surface area contributed by atoms with E-state index >= 15 is 0 Å². The molecule has 5 rings (SSSR count). The van der Waals surface area contributed by atoms with E-state index in [0.29, 0.717) is 0 Å². The minimum atomic E-state index is -4.80. The minimum absolute atomic E-state index is 0.0372. The Bertz CT molecular complexity index is 1640. The Hall–Kier alpha value is -4.47. The highest BCUT2D eigenvalue weighted by Gasteiger charge is 2.39. The van der Waals surface area contributed by atoms with Crippen molar-refractivity contribution >= 4 is 17.2 Å². The summed E-state index contributed by atoms with van der Waals surface area (Å²) in [5.41, 5.74) is 2.96. The van der Waals surface area contributed by atoms with Crippen molar-refractivity contribution in [3.8, 4) is 17.1 Å². The number of nitrogen functional groups attached to an aromatic ring is 1. The zero-order chi connectivity index (χ0) is 30.4. The number of rotatable bonds is 6. The standard InChI is InChI=1S/C26H22F7N7O2/c1-42-24-15(6-14(8-35-24)20-7-17(26(31,32)33)21-22(34)36-12-37-40(20)21)23(41)38-19-11-39(10-18(19)27)9-13-4-2-3-5-16(13)25(28,29)30/h2-8,12,18-19H,9-11H2,1H3,(H,38,41)(H2,34,36,37). The maximum atomic E-state index is 14.9. The number of aromatic nitrogens is 4. The Kier molecular flexibility index (Phi) is 7.42. The highest BCUT2D eigenvalue weighted by molar-refractivity contribution is 5.98. The molecule has 0 saturated carbocycles. The number of hydrogen-bond acceptors (Lipinski definition) is 7. The van der Waals surface area contributed by atoms with Gasteiger partial charge in [0.05, 0.1) is 30.0 Å². The van der Waals surface area contributed by atoms with Crippen molar-refractivity contribution in [3.05, 3.63) is 71.2 Å². The number of methoxy groups -OCH3 is 1. The second-order valence-corrected chi connectivity index (χ2v) is 9.57. The molecule has 2 atom stereocenters. The molecule has 0 bridgehead atoms. The maximum Gasteiger partial charge on any atom is 0.418 e. The summed E-state index contributed by atoms with van der Waals surface area (Å²) >= 11 is 0. The van der Waals surface area contributed by atoms with Crippen LogP contribution < -0.4 is 15.8 Å². The van der Waals surface area contributed by atoms with Crippen LogP contribution in [0, 0.1) is 0 Å². The first-order valence-electron chi connectivity index (χ1n) is 12.3. The van der Waals surface area contributed by atoms with Gasteiger partial charge in [0.1, 0.15) is 23.6 Å². The Labute approximate surface area is 233 Å². The number of likely N-dealkylation sites (tertiary alicyclic amines) is 1. The third-order valence-electron chi connectivity index (χ3n) is 6.83. The predicted molar refractivity (Wildman–Crippen MR) is 135 cm³/mol. The lowest BCUT2D eigenvalue weighted by Crippen LogP contribution is -2.41. The SMILES string of the molecule is COc1ncc(-c2cc(C(F)(F)F)c3c(N)ncnn23)cc1C(=O)NC1CN(Cc2ccccc2C(F)(F)F)CC1F. The molecule has 3 aromatic heterocycles. The minimum Gasteiger partial charge on any atom is -0.480 e. The third-order valence-corrected chi connectivity index (χ3v) is 6.83. The topological polar surface area (TPSA) is 111 Å². The number of benzene rings is 1. The van der Waals surface area contributed by atoms with Crippen LogP contribution in [0.25, 0.3) is 16.8 Å². The van der Waals surface area contributed by atoms with Crippen LogP contribution >= 0.6 is 0 Å². The molecule has 9 nitrogen and oxygen atoms in total. The number of alkyl halides is 7. The number of pyridine rings is 1. The van der Waals surface area contributed by atoms with Crippen LogP contribution in [0.1, 0.15) is 27.0 Å². The Balaban J connectivity index is 1.40. The van der Waals surface area contributed by atoms with Crippen LogP contribution in [0.15, 0.2) is 48.9 Å². The quantitative estimate of drug-likeness (QED) is 0.318. The molecular weight excluding hydrogens is 575 g/mol. The fourth-order valence-corrected chi connectivity index (χ4v) is 4.94. The Morgan fingerprint density at radius 1 is 1.07 bits per heavy atom. The number of amides is 1. The molecule has 222 valence electrons. The first-order valence-corrected chi connectivity index (χ1v) is 12.3. The summed E-state index contributed by atoms with van der Waals surface area (Å²) < 4.78 is 102. The van der Waals surface area contributed by atoms with Crippen LogP contribution in [-0.2, 0) is 18.9 Å². The van der Waals surface area contributed by atoms with Gasteiger partial charge < -0.3 is 15.8 Å². The van der Waals surface area contributed by atoms with Gasteiger partial charge >= 0.3 is 12.4 Å². The number of nitrogens with one attached hydrogen (secondary N) is 1. The van der Waals surface area contributed by atoms with E-state index in [9.17, 15) is 35.5 Å². The molecule has 1 aromatic carbocycles. The molecule has 3 N–H and O–H groups in total. The first-order chi connectivity index (χ1) is 19.8. The number of hydrogen-bond donors (Lipinski definition) is 2. The molecule has 2 unspecified atom stereocenters. The van der Waals surface area contributed by atoms with Crippen molar-refractivity contribution in [2.45, 2.75) is 31.1 Å². The summed E-state index contributed by atoms with van der Waals surface area (Å²) in [5, 5.41) is 6.37. The normalized spacial score (nSPS) is 18.0. The van der Waals surface area contributed by atoms with Gasteiger partial charge in [-0.1, -0.05) is 18.2 Å². The summed E-state index contributed by atoms with van der Waals surface area (Å²) in [4.78, 5) is 22.3. The van der Waals surface area contributed by atoms with Gasteiger partial charge in [-0.05, 0) is 23.8 Å². The smallest absolute Gasteiger partial charge is 0.418 e. The fourth-order valence-electron chi connectivity index (χ4n) is 4.94. The third kappa shape index (κ3) is 5.53. The van der Waals surface area contributed by atoms with Crippen LogP contribution in [-0.4, -0.2) is 62.8 Å². The number of nitrogens with two attached hydrogens (primary N) is 1. The number of halogens is 7. The van der Waals surface area contributed by atoms with E-state index in [1.807, 2.05) is 0 Å². The zero-order valence-corrected chi connectivity index (χ0v) is 21.7. The molecule has 0 aliphatic carbocycles. The fraction of sp³-hybridized carbons (Fsp3) is 0.308. The van der Waals surface area contributed by atoms with Crippen LogP contribution in [0.4, 0.5) is 36.6 Å². The van der Waals surface area contributed by atoms with Crippen molar-refractivity contribution in [1.29, 1.82) is 0 Å². The van der Waals surface area contributed by atoms with Gasteiger partial charge in [0.25, 0.3) is 5.91 Å². The highest BCUT2D eigenvalue weighted by atomic mass is 19.4. The highest BCUT2D eigenvalue weighted by Crippen LogP contribution is 2.39. The monoisotopic (exact) mass is 597 g/mol.